The van der Waals surface area contributed by atoms with Gasteiger partial charge in [-0.1, -0.05) is 6.07 Å². The first-order valence-electron chi connectivity index (χ1n) is 3.90. The summed E-state index contributed by atoms with van der Waals surface area (Å²) in [5.41, 5.74) is 2.08. The number of aliphatic carboxylic acids is 1. The highest BCUT2D eigenvalue weighted by Crippen LogP contribution is 2.12. The summed E-state index contributed by atoms with van der Waals surface area (Å²) in [4.78, 5) is 14.4. The Balaban J connectivity index is 2.45. The Labute approximate surface area is 81.2 Å². The Kier molecular flexibility index (Phi) is 3.76. The molecule has 0 aliphatic heterocycles. The van der Waals surface area contributed by atoms with Crippen LogP contribution in [0.1, 0.15) is 11.3 Å². The number of hydrogen-bond acceptors (Lipinski definition) is 3. The molecule has 1 rings (SSSR count). The van der Waals surface area contributed by atoms with Gasteiger partial charge in [0.1, 0.15) is 0 Å². The first-order valence-corrected chi connectivity index (χ1v) is 5.05. The molecule has 13 heavy (non-hydrogen) atoms. The monoisotopic (exact) mass is 197 g/mol. The predicted molar refractivity (Wildman–Crippen MR) is 52.8 cm³/mol. The molecule has 0 aromatic carbocycles. The van der Waals surface area contributed by atoms with Gasteiger partial charge in [-0.25, -0.2) is 0 Å². The van der Waals surface area contributed by atoms with E-state index >= 15 is 0 Å². The van der Waals surface area contributed by atoms with Crippen LogP contribution in [0.4, 0.5) is 0 Å². The Bertz CT molecular complexity index is 301. The summed E-state index contributed by atoms with van der Waals surface area (Å²) in [6, 6.07) is 3.85. The van der Waals surface area contributed by atoms with Gasteiger partial charge in [-0.05, 0) is 18.6 Å². The average Bonchev–Trinajstić information content (AvgIpc) is 2.08. The van der Waals surface area contributed by atoms with Crippen LogP contribution in [0.25, 0.3) is 0 Å². The number of carbonyl (C=O) groups is 1. The molecule has 0 aliphatic carbocycles. The highest BCUT2D eigenvalue weighted by atomic mass is 32.2. The van der Waals surface area contributed by atoms with Gasteiger partial charge in [0.25, 0.3) is 0 Å². The summed E-state index contributed by atoms with van der Waals surface area (Å²) in [6.07, 6.45) is 1.73. The molecule has 0 saturated heterocycles. The van der Waals surface area contributed by atoms with Crippen LogP contribution in [0.3, 0.4) is 0 Å². The van der Waals surface area contributed by atoms with E-state index in [2.05, 4.69) is 4.98 Å². The van der Waals surface area contributed by atoms with E-state index in [1.807, 2.05) is 19.1 Å². The molecule has 70 valence electrons. The van der Waals surface area contributed by atoms with Crippen molar-refractivity contribution >= 4 is 17.7 Å². The zero-order valence-corrected chi connectivity index (χ0v) is 8.17. The van der Waals surface area contributed by atoms with Crippen molar-refractivity contribution in [2.75, 3.05) is 5.75 Å². The van der Waals surface area contributed by atoms with Crippen LogP contribution in [0.2, 0.25) is 0 Å². The third-order valence-electron chi connectivity index (χ3n) is 1.58. The number of carboxylic acid groups (broad SMARTS) is 1. The molecule has 0 bridgehead atoms. The average molecular weight is 197 g/mol. The highest BCUT2D eigenvalue weighted by Gasteiger charge is 2.01. The van der Waals surface area contributed by atoms with Gasteiger partial charge < -0.3 is 5.11 Å². The summed E-state index contributed by atoms with van der Waals surface area (Å²) in [6.45, 7) is 1.98. The molecule has 1 heterocycles. The van der Waals surface area contributed by atoms with E-state index in [0.717, 1.165) is 11.3 Å². The van der Waals surface area contributed by atoms with E-state index < -0.39 is 5.97 Å². The number of pyridine rings is 1. The molecule has 4 heteroatoms. The summed E-state index contributed by atoms with van der Waals surface area (Å²) in [5, 5.41) is 8.42. The molecule has 0 saturated carbocycles. The summed E-state index contributed by atoms with van der Waals surface area (Å²) < 4.78 is 0. The molecule has 0 atom stereocenters. The number of rotatable bonds is 4. The molecular formula is C9H11NO2S. The van der Waals surface area contributed by atoms with E-state index in [-0.39, 0.29) is 5.75 Å². The molecule has 1 aromatic heterocycles. The first-order chi connectivity index (χ1) is 6.20. The molecule has 3 nitrogen and oxygen atoms in total. The van der Waals surface area contributed by atoms with Crippen LogP contribution in [0.5, 0.6) is 0 Å². The molecular weight excluding hydrogens is 186 g/mol. The second kappa shape index (κ2) is 4.87. The van der Waals surface area contributed by atoms with E-state index in [0.29, 0.717) is 5.75 Å². The lowest BCUT2D eigenvalue weighted by Crippen LogP contribution is -1.99. The Morgan fingerprint density at radius 3 is 3.08 bits per heavy atom. The quantitative estimate of drug-likeness (QED) is 0.798. The van der Waals surface area contributed by atoms with Crippen molar-refractivity contribution < 1.29 is 9.90 Å². The maximum Gasteiger partial charge on any atom is 0.313 e. The fourth-order valence-electron chi connectivity index (χ4n) is 0.905. The van der Waals surface area contributed by atoms with Gasteiger partial charge in [-0.3, -0.25) is 9.78 Å². The topological polar surface area (TPSA) is 50.2 Å². The van der Waals surface area contributed by atoms with Crippen molar-refractivity contribution in [2.24, 2.45) is 0 Å². The largest absolute Gasteiger partial charge is 0.481 e. The van der Waals surface area contributed by atoms with E-state index in [1.165, 1.54) is 11.8 Å². The van der Waals surface area contributed by atoms with E-state index in [4.69, 9.17) is 5.11 Å². The van der Waals surface area contributed by atoms with Crippen molar-refractivity contribution in [3.05, 3.63) is 29.6 Å². The molecule has 0 fully saturated rings. The number of thioether (sulfide) groups is 1. The molecule has 0 amide bonds. The molecule has 0 aliphatic rings. The van der Waals surface area contributed by atoms with Gasteiger partial charge >= 0.3 is 5.97 Å². The smallest absolute Gasteiger partial charge is 0.313 e. The predicted octanol–water partition coefficient (Wildman–Crippen LogP) is 1.71. The Morgan fingerprint density at radius 2 is 2.46 bits per heavy atom. The van der Waals surface area contributed by atoms with Crippen LogP contribution >= 0.6 is 11.8 Å². The van der Waals surface area contributed by atoms with Crippen molar-refractivity contribution in [3.8, 4) is 0 Å². The Hall–Kier alpha value is -1.03. The van der Waals surface area contributed by atoms with Gasteiger partial charge in [-0.15, -0.1) is 11.8 Å². The van der Waals surface area contributed by atoms with E-state index in [9.17, 15) is 4.79 Å². The van der Waals surface area contributed by atoms with Crippen LogP contribution < -0.4 is 0 Å². The van der Waals surface area contributed by atoms with Crippen molar-refractivity contribution in [3.63, 3.8) is 0 Å². The van der Waals surface area contributed by atoms with E-state index in [1.54, 1.807) is 6.20 Å². The van der Waals surface area contributed by atoms with Gasteiger partial charge in [-0.2, -0.15) is 0 Å². The minimum atomic E-state index is -0.779. The standard InChI is InChI=1S/C9H11NO2S/c1-7-3-2-4-10-8(7)5-13-6-9(11)12/h2-4H,5-6H2,1H3,(H,11,12). The second-order valence-corrected chi connectivity index (χ2v) is 3.64. The number of carboxylic acids is 1. The lowest BCUT2D eigenvalue weighted by Gasteiger charge is -2.01. The molecule has 1 N–H and O–H groups in total. The van der Waals surface area contributed by atoms with Crippen LogP contribution in [0.15, 0.2) is 18.3 Å². The fourth-order valence-corrected chi connectivity index (χ4v) is 1.68. The number of aryl methyl sites for hydroxylation is 1. The van der Waals surface area contributed by atoms with Crippen LogP contribution in [0, 0.1) is 6.92 Å². The lowest BCUT2D eigenvalue weighted by atomic mass is 10.2. The highest BCUT2D eigenvalue weighted by molar-refractivity contribution is 7.99. The molecule has 0 unspecified atom stereocenters. The minimum absolute atomic E-state index is 0.135. The van der Waals surface area contributed by atoms with Gasteiger partial charge in [0, 0.05) is 11.9 Å². The van der Waals surface area contributed by atoms with Gasteiger partial charge in [0.15, 0.2) is 0 Å². The summed E-state index contributed by atoms with van der Waals surface area (Å²) in [7, 11) is 0. The van der Waals surface area contributed by atoms with Crippen molar-refractivity contribution in [2.45, 2.75) is 12.7 Å². The lowest BCUT2D eigenvalue weighted by molar-refractivity contribution is -0.133. The maximum absolute atomic E-state index is 10.2. The Morgan fingerprint density at radius 1 is 1.69 bits per heavy atom. The second-order valence-electron chi connectivity index (χ2n) is 2.65. The number of nitrogens with zero attached hydrogens (tertiary/aromatic N) is 1. The van der Waals surface area contributed by atoms with Gasteiger partial charge in [0.05, 0.1) is 11.4 Å². The molecule has 1 aromatic rings. The fraction of sp³-hybridized carbons (Fsp3) is 0.333. The van der Waals surface area contributed by atoms with Crippen molar-refractivity contribution in [1.29, 1.82) is 0 Å². The third-order valence-corrected chi connectivity index (χ3v) is 2.51. The zero-order valence-electron chi connectivity index (χ0n) is 7.36. The van der Waals surface area contributed by atoms with Crippen molar-refractivity contribution in [1.82, 2.24) is 4.98 Å². The van der Waals surface area contributed by atoms with Gasteiger partial charge in [0.2, 0.25) is 0 Å². The number of aromatic nitrogens is 1. The normalized spacial score (nSPS) is 9.92. The molecule has 0 radical (unpaired) electrons. The zero-order chi connectivity index (χ0) is 9.68. The summed E-state index contributed by atoms with van der Waals surface area (Å²) >= 11 is 1.37. The van der Waals surface area contributed by atoms with Crippen LogP contribution in [-0.2, 0) is 10.5 Å². The minimum Gasteiger partial charge on any atom is -0.481 e. The SMILES string of the molecule is Cc1cccnc1CSCC(=O)O. The summed E-state index contributed by atoms with van der Waals surface area (Å²) in [5.74, 6) is 0.0215. The van der Waals surface area contributed by atoms with Crippen LogP contribution in [-0.4, -0.2) is 21.8 Å². The number of hydrogen-bond donors (Lipinski definition) is 1. The third kappa shape index (κ3) is 3.46. The maximum atomic E-state index is 10.2. The first kappa shape index (κ1) is 10.1. The molecule has 0 spiro atoms.